The normalized spacial score (nSPS) is 11.8. The van der Waals surface area contributed by atoms with Crippen LogP contribution in [0.4, 0.5) is 0 Å². The molecule has 2 aromatic rings. The number of hydrogen-bond acceptors (Lipinski definition) is 4. The Morgan fingerprint density at radius 1 is 1.35 bits per heavy atom. The number of carbonyl (C=O) groups is 2. The first-order valence-electron chi connectivity index (χ1n) is 6.11. The highest BCUT2D eigenvalue weighted by molar-refractivity contribution is 5.93. The summed E-state index contributed by atoms with van der Waals surface area (Å²) in [6.07, 6.45) is 0. The molecule has 0 radical (unpaired) electrons. The van der Waals surface area contributed by atoms with Crippen LogP contribution in [0.1, 0.15) is 17.4 Å². The number of nitrogens with zero attached hydrogens (tertiary/aromatic N) is 1. The largest absolute Gasteiger partial charge is 0.481 e. The Balaban J connectivity index is 2.02. The molecule has 6 heteroatoms. The number of benzene rings is 1. The van der Waals surface area contributed by atoms with Crippen LogP contribution in [0.25, 0.3) is 11.3 Å². The van der Waals surface area contributed by atoms with Gasteiger partial charge in [0.1, 0.15) is 0 Å². The first-order valence-corrected chi connectivity index (χ1v) is 6.11. The quantitative estimate of drug-likeness (QED) is 0.867. The lowest BCUT2D eigenvalue weighted by Crippen LogP contribution is -2.31. The number of carboxylic acids is 1. The first-order chi connectivity index (χ1) is 9.58. The molecule has 104 valence electrons. The molecule has 1 heterocycles. The molecule has 0 fully saturated rings. The molecular weight excluding hydrogens is 260 g/mol. The molecule has 2 rings (SSSR count). The maximum atomic E-state index is 11.8. The summed E-state index contributed by atoms with van der Waals surface area (Å²) in [6.45, 7) is 1.56. The van der Waals surface area contributed by atoms with Crippen molar-refractivity contribution in [3.05, 3.63) is 42.1 Å². The van der Waals surface area contributed by atoms with Crippen molar-refractivity contribution in [2.45, 2.75) is 6.92 Å². The molecule has 0 spiro atoms. The van der Waals surface area contributed by atoms with Crippen LogP contribution in [0.15, 0.2) is 40.9 Å². The number of aromatic nitrogens is 1. The second-order valence-corrected chi connectivity index (χ2v) is 4.39. The van der Waals surface area contributed by atoms with Gasteiger partial charge < -0.3 is 14.9 Å². The smallest absolute Gasteiger partial charge is 0.308 e. The van der Waals surface area contributed by atoms with Gasteiger partial charge in [-0.25, -0.2) is 0 Å². The number of carboxylic acid groups (broad SMARTS) is 1. The molecule has 6 nitrogen and oxygen atoms in total. The van der Waals surface area contributed by atoms with E-state index < -0.39 is 17.8 Å². The summed E-state index contributed by atoms with van der Waals surface area (Å²) in [5, 5.41) is 14.9. The summed E-state index contributed by atoms with van der Waals surface area (Å²) in [7, 11) is 0. The van der Waals surface area contributed by atoms with Gasteiger partial charge in [-0.15, -0.1) is 0 Å². The van der Waals surface area contributed by atoms with Gasteiger partial charge in [-0.1, -0.05) is 42.4 Å². The lowest BCUT2D eigenvalue weighted by Gasteiger charge is -2.06. The number of aliphatic carboxylic acids is 1. The maximum absolute atomic E-state index is 11.8. The second-order valence-electron chi connectivity index (χ2n) is 4.39. The number of nitrogens with one attached hydrogen (secondary N) is 1. The Morgan fingerprint density at radius 3 is 2.70 bits per heavy atom. The molecule has 1 unspecified atom stereocenters. The van der Waals surface area contributed by atoms with E-state index in [2.05, 4.69) is 10.5 Å². The van der Waals surface area contributed by atoms with Crippen LogP contribution in [-0.4, -0.2) is 28.7 Å². The van der Waals surface area contributed by atoms with E-state index in [1.54, 1.807) is 0 Å². The third-order valence-electron chi connectivity index (χ3n) is 2.79. The van der Waals surface area contributed by atoms with Crippen molar-refractivity contribution in [2.75, 3.05) is 6.54 Å². The summed E-state index contributed by atoms with van der Waals surface area (Å²) in [5.74, 6) is -1.58. The van der Waals surface area contributed by atoms with Crippen molar-refractivity contribution in [3.8, 4) is 11.3 Å². The molecule has 1 aromatic heterocycles. The van der Waals surface area contributed by atoms with E-state index in [0.29, 0.717) is 5.76 Å². The van der Waals surface area contributed by atoms with Gasteiger partial charge >= 0.3 is 5.97 Å². The number of rotatable bonds is 5. The van der Waals surface area contributed by atoms with E-state index in [0.717, 1.165) is 5.56 Å². The van der Waals surface area contributed by atoms with Gasteiger partial charge in [-0.3, -0.25) is 9.59 Å². The average Bonchev–Trinajstić information content (AvgIpc) is 2.95. The number of hydrogen-bond donors (Lipinski definition) is 2. The Kier molecular flexibility index (Phi) is 4.14. The average molecular weight is 274 g/mol. The molecule has 0 aliphatic rings. The van der Waals surface area contributed by atoms with Crippen molar-refractivity contribution in [1.82, 2.24) is 10.5 Å². The van der Waals surface area contributed by atoms with E-state index >= 15 is 0 Å². The minimum absolute atomic E-state index is 0.0434. The zero-order valence-corrected chi connectivity index (χ0v) is 10.9. The summed E-state index contributed by atoms with van der Waals surface area (Å²) >= 11 is 0. The maximum Gasteiger partial charge on any atom is 0.308 e. The van der Waals surface area contributed by atoms with Crippen LogP contribution in [0.5, 0.6) is 0 Å². The highest BCUT2D eigenvalue weighted by atomic mass is 16.5. The molecule has 0 saturated heterocycles. The van der Waals surface area contributed by atoms with Gasteiger partial charge in [0.25, 0.3) is 5.91 Å². The van der Waals surface area contributed by atoms with Gasteiger partial charge in [0.2, 0.25) is 0 Å². The molecule has 0 saturated carbocycles. The van der Waals surface area contributed by atoms with Crippen LogP contribution in [0.3, 0.4) is 0 Å². The monoisotopic (exact) mass is 274 g/mol. The van der Waals surface area contributed by atoms with E-state index in [4.69, 9.17) is 9.63 Å². The number of carbonyl (C=O) groups excluding carboxylic acids is 1. The molecule has 0 aliphatic carbocycles. The second kappa shape index (κ2) is 6.01. The third kappa shape index (κ3) is 3.23. The van der Waals surface area contributed by atoms with Crippen molar-refractivity contribution >= 4 is 11.9 Å². The first kappa shape index (κ1) is 13.8. The van der Waals surface area contributed by atoms with Gasteiger partial charge in [-0.2, -0.15) is 0 Å². The molecular formula is C14H14N2O4. The lowest BCUT2D eigenvalue weighted by molar-refractivity contribution is -0.140. The predicted octanol–water partition coefficient (Wildman–Crippen LogP) is 1.79. The van der Waals surface area contributed by atoms with Gasteiger partial charge in [0, 0.05) is 18.2 Å². The van der Waals surface area contributed by atoms with Gasteiger partial charge in [0.05, 0.1) is 5.92 Å². The minimum Gasteiger partial charge on any atom is -0.481 e. The third-order valence-corrected chi connectivity index (χ3v) is 2.79. The van der Waals surface area contributed by atoms with Crippen molar-refractivity contribution in [3.63, 3.8) is 0 Å². The molecule has 1 amide bonds. The summed E-state index contributed by atoms with van der Waals surface area (Å²) in [6, 6.07) is 10.8. The fraction of sp³-hybridized carbons (Fsp3) is 0.214. The summed E-state index contributed by atoms with van der Waals surface area (Å²) in [4.78, 5) is 22.4. The van der Waals surface area contributed by atoms with Crippen molar-refractivity contribution in [2.24, 2.45) is 5.92 Å². The molecule has 2 N–H and O–H groups in total. The Labute approximate surface area is 115 Å². The van der Waals surface area contributed by atoms with Crippen molar-refractivity contribution < 1.29 is 19.2 Å². The highest BCUT2D eigenvalue weighted by Gasteiger charge is 2.16. The summed E-state index contributed by atoms with van der Waals surface area (Å²) < 4.78 is 5.10. The van der Waals surface area contributed by atoms with Crippen LogP contribution in [-0.2, 0) is 4.79 Å². The predicted molar refractivity (Wildman–Crippen MR) is 71.1 cm³/mol. The lowest BCUT2D eigenvalue weighted by atomic mass is 10.1. The topological polar surface area (TPSA) is 92.4 Å². The zero-order chi connectivity index (χ0) is 14.5. The fourth-order valence-electron chi connectivity index (χ4n) is 1.54. The number of amides is 1. The fourth-order valence-corrected chi connectivity index (χ4v) is 1.54. The highest BCUT2D eigenvalue weighted by Crippen LogP contribution is 2.19. The molecule has 0 bridgehead atoms. The van der Waals surface area contributed by atoms with Crippen LogP contribution in [0.2, 0.25) is 0 Å². The molecule has 0 aliphatic heterocycles. The van der Waals surface area contributed by atoms with E-state index in [9.17, 15) is 9.59 Å². The van der Waals surface area contributed by atoms with E-state index in [-0.39, 0.29) is 12.2 Å². The minimum atomic E-state index is -0.963. The zero-order valence-electron chi connectivity index (χ0n) is 10.9. The standard InChI is InChI=1S/C14H14N2O4/c1-9(14(18)19)8-15-13(17)11-7-12(20-16-11)10-5-3-2-4-6-10/h2-7,9H,8H2,1H3,(H,15,17)(H,18,19). The van der Waals surface area contributed by atoms with Gasteiger partial charge in [-0.05, 0) is 0 Å². The Morgan fingerprint density at radius 2 is 2.05 bits per heavy atom. The molecule has 1 atom stereocenters. The SMILES string of the molecule is CC(CNC(=O)c1cc(-c2ccccc2)on1)C(=O)O. The van der Waals surface area contributed by atoms with Crippen LogP contribution < -0.4 is 5.32 Å². The van der Waals surface area contributed by atoms with Crippen LogP contribution in [0, 0.1) is 5.92 Å². The van der Waals surface area contributed by atoms with E-state index in [1.807, 2.05) is 30.3 Å². The van der Waals surface area contributed by atoms with Crippen molar-refractivity contribution in [1.29, 1.82) is 0 Å². The van der Waals surface area contributed by atoms with Crippen LogP contribution >= 0.6 is 0 Å². The Bertz CT molecular complexity index is 607. The van der Waals surface area contributed by atoms with Gasteiger partial charge in [0.15, 0.2) is 11.5 Å². The Hall–Kier alpha value is -2.63. The van der Waals surface area contributed by atoms with E-state index in [1.165, 1.54) is 13.0 Å². The molecule has 20 heavy (non-hydrogen) atoms. The summed E-state index contributed by atoms with van der Waals surface area (Å²) in [5.41, 5.74) is 0.944. The molecule has 1 aromatic carbocycles.